The van der Waals surface area contributed by atoms with Crippen LogP contribution in [0.25, 0.3) is 0 Å². The van der Waals surface area contributed by atoms with Crippen molar-refractivity contribution in [3.05, 3.63) is 35.9 Å². The molecule has 33 heavy (non-hydrogen) atoms. The highest BCUT2D eigenvalue weighted by Gasteiger charge is 2.25. The molecule has 1 aromatic carbocycles. The van der Waals surface area contributed by atoms with E-state index in [0.717, 1.165) is 5.56 Å². The first-order chi connectivity index (χ1) is 15.7. The first kappa shape index (κ1) is 28.0. The fourth-order valence-corrected chi connectivity index (χ4v) is 2.83. The largest absolute Gasteiger partial charge is 0.469 e. The summed E-state index contributed by atoms with van der Waals surface area (Å²) in [6.45, 7) is 4.56. The van der Waals surface area contributed by atoms with Crippen LogP contribution in [0, 0.1) is 5.92 Å². The number of carbonyl (C=O) groups is 4. The van der Waals surface area contributed by atoms with Crippen LogP contribution in [0.1, 0.15) is 39.2 Å². The smallest absolute Gasteiger partial charge is 0.407 e. The zero-order chi connectivity index (χ0) is 24.8. The van der Waals surface area contributed by atoms with Crippen LogP contribution in [-0.4, -0.2) is 62.2 Å². The number of ketones is 1. The number of nitrogens with one attached hydrogen (secondary N) is 3. The average Bonchev–Trinajstić information content (AvgIpc) is 2.82. The number of hydrogen-bond acceptors (Lipinski definition) is 7. The minimum atomic E-state index is -1.25. The molecular weight excluding hydrogens is 433 g/mol. The van der Waals surface area contributed by atoms with Gasteiger partial charge in [0.05, 0.1) is 19.2 Å². The van der Waals surface area contributed by atoms with Crippen molar-refractivity contribution < 1.29 is 33.0 Å². The summed E-state index contributed by atoms with van der Waals surface area (Å²) >= 11 is 0. The number of methoxy groups -OCH3 is 1. The number of carbonyl (C=O) groups excluding carboxylic acids is 4. The molecule has 0 unspecified atom stereocenters. The SMILES string of the molecule is COC(=O)CC[C@H](NC(=O)[C@H](C)NC[C@@H](NC(=O)OCc1ccccc1)C(C)C)C(=O)CF. The van der Waals surface area contributed by atoms with Crippen molar-refractivity contribution in [1.29, 1.82) is 0 Å². The van der Waals surface area contributed by atoms with Gasteiger partial charge >= 0.3 is 12.1 Å². The lowest BCUT2D eigenvalue weighted by molar-refractivity contribution is -0.141. The molecule has 0 spiro atoms. The normalized spacial score (nSPS) is 13.5. The van der Waals surface area contributed by atoms with E-state index >= 15 is 0 Å². The molecule has 9 nitrogen and oxygen atoms in total. The Morgan fingerprint density at radius 3 is 2.27 bits per heavy atom. The zero-order valence-electron chi connectivity index (χ0n) is 19.6. The van der Waals surface area contributed by atoms with Crippen molar-refractivity contribution in [2.75, 3.05) is 20.3 Å². The standard InChI is InChI=1S/C23H34FN3O6/c1-15(2)19(27-23(31)33-14-17-8-6-5-7-9-17)13-25-16(3)22(30)26-18(20(28)12-24)10-11-21(29)32-4/h5-9,15-16,18-19,25H,10-14H2,1-4H3,(H,26,30)(H,27,31)/t16-,18-,19+/m0/s1. The first-order valence-corrected chi connectivity index (χ1v) is 10.8. The third kappa shape index (κ3) is 10.9. The summed E-state index contributed by atoms with van der Waals surface area (Å²) in [6, 6.07) is 7.08. The Kier molecular flexibility index (Phi) is 12.7. The molecule has 0 radical (unpaired) electrons. The Labute approximate surface area is 193 Å². The average molecular weight is 468 g/mol. The van der Waals surface area contributed by atoms with Crippen molar-refractivity contribution in [1.82, 2.24) is 16.0 Å². The van der Waals surface area contributed by atoms with Gasteiger partial charge in [-0.05, 0) is 24.8 Å². The van der Waals surface area contributed by atoms with Gasteiger partial charge in [-0.25, -0.2) is 9.18 Å². The highest BCUT2D eigenvalue weighted by Crippen LogP contribution is 2.05. The second-order valence-electron chi connectivity index (χ2n) is 7.96. The zero-order valence-corrected chi connectivity index (χ0v) is 19.6. The molecule has 10 heteroatoms. The lowest BCUT2D eigenvalue weighted by atomic mass is 10.0. The van der Waals surface area contributed by atoms with E-state index in [-0.39, 0.29) is 38.0 Å². The van der Waals surface area contributed by atoms with Gasteiger partial charge in [0.15, 0.2) is 5.78 Å². The Morgan fingerprint density at radius 2 is 1.70 bits per heavy atom. The maximum atomic E-state index is 12.8. The summed E-state index contributed by atoms with van der Waals surface area (Å²) < 4.78 is 22.6. The molecule has 0 saturated carbocycles. The molecule has 0 heterocycles. The number of halogens is 1. The Balaban J connectivity index is 2.55. The van der Waals surface area contributed by atoms with Crippen LogP contribution < -0.4 is 16.0 Å². The van der Waals surface area contributed by atoms with Crippen LogP contribution in [0.2, 0.25) is 0 Å². The minimum Gasteiger partial charge on any atom is -0.469 e. The molecule has 0 bridgehead atoms. The van der Waals surface area contributed by atoms with E-state index in [0.29, 0.717) is 0 Å². The molecular formula is C23H34FN3O6. The fraction of sp³-hybridized carbons (Fsp3) is 0.565. The summed E-state index contributed by atoms with van der Waals surface area (Å²) in [6.07, 6.45) is -0.760. The fourth-order valence-electron chi connectivity index (χ4n) is 2.83. The molecule has 3 atom stereocenters. The third-order valence-electron chi connectivity index (χ3n) is 5.06. The molecule has 0 aliphatic carbocycles. The van der Waals surface area contributed by atoms with Gasteiger partial charge in [-0.3, -0.25) is 14.4 Å². The van der Waals surface area contributed by atoms with Crippen molar-refractivity contribution in [2.45, 2.75) is 58.3 Å². The van der Waals surface area contributed by atoms with Crippen LogP contribution in [0.15, 0.2) is 30.3 Å². The maximum absolute atomic E-state index is 12.8. The van der Waals surface area contributed by atoms with Crippen LogP contribution in [0.3, 0.4) is 0 Å². The van der Waals surface area contributed by atoms with E-state index in [9.17, 15) is 23.6 Å². The van der Waals surface area contributed by atoms with E-state index in [2.05, 4.69) is 20.7 Å². The topological polar surface area (TPSA) is 123 Å². The second-order valence-corrected chi connectivity index (χ2v) is 7.96. The molecule has 0 saturated heterocycles. The summed E-state index contributed by atoms with van der Waals surface area (Å²) in [5, 5.41) is 8.25. The summed E-state index contributed by atoms with van der Waals surface area (Å²) in [5.41, 5.74) is 0.863. The predicted octanol–water partition coefficient (Wildman–Crippen LogP) is 1.89. The lowest BCUT2D eigenvalue weighted by Crippen LogP contribution is -2.53. The van der Waals surface area contributed by atoms with E-state index in [1.54, 1.807) is 6.92 Å². The number of alkyl halides is 1. The Morgan fingerprint density at radius 1 is 1.03 bits per heavy atom. The Hall–Kier alpha value is -3.01. The van der Waals surface area contributed by atoms with Gasteiger partial charge in [-0.15, -0.1) is 0 Å². The third-order valence-corrected chi connectivity index (χ3v) is 5.06. The summed E-state index contributed by atoms with van der Waals surface area (Å²) in [7, 11) is 1.20. The van der Waals surface area contributed by atoms with E-state index < -0.39 is 42.5 Å². The number of amides is 2. The van der Waals surface area contributed by atoms with E-state index in [1.165, 1.54) is 7.11 Å². The number of esters is 1. The maximum Gasteiger partial charge on any atom is 0.407 e. The summed E-state index contributed by atoms with van der Waals surface area (Å²) in [5.74, 6) is -1.86. The molecule has 0 aromatic heterocycles. The van der Waals surface area contributed by atoms with E-state index in [4.69, 9.17) is 4.74 Å². The molecule has 0 aliphatic rings. The molecule has 1 rings (SSSR count). The van der Waals surface area contributed by atoms with Crippen molar-refractivity contribution in [3.8, 4) is 0 Å². The molecule has 1 aromatic rings. The lowest BCUT2D eigenvalue weighted by Gasteiger charge is -2.25. The monoisotopic (exact) mass is 467 g/mol. The van der Waals surface area contributed by atoms with Crippen molar-refractivity contribution in [2.24, 2.45) is 5.92 Å². The number of hydrogen-bond donors (Lipinski definition) is 3. The quantitative estimate of drug-likeness (QED) is 0.357. The van der Waals surface area contributed by atoms with Gasteiger partial charge in [-0.2, -0.15) is 0 Å². The highest BCUT2D eigenvalue weighted by atomic mass is 19.1. The first-order valence-electron chi connectivity index (χ1n) is 10.8. The van der Waals surface area contributed by atoms with Crippen LogP contribution in [0.5, 0.6) is 0 Å². The number of rotatable bonds is 14. The molecule has 0 aliphatic heterocycles. The molecule has 184 valence electrons. The molecule has 2 amide bonds. The van der Waals surface area contributed by atoms with Crippen LogP contribution in [0.4, 0.5) is 9.18 Å². The van der Waals surface area contributed by atoms with Gasteiger partial charge in [0.25, 0.3) is 0 Å². The number of Topliss-reactive ketones (excluding diaryl/α,β-unsaturated/α-hetero) is 1. The van der Waals surface area contributed by atoms with Gasteiger partial charge in [-0.1, -0.05) is 44.2 Å². The number of ether oxygens (including phenoxy) is 2. The van der Waals surface area contributed by atoms with Crippen LogP contribution in [-0.2, 0) is 30.5 Å². The molecule has 0 fully saturated rings. The van der Waals surface area contributed by atoms with Gasteiger partial charge in [0.1, 0.15) is 13.3 Å². The number of alkyl carbamates (subject to hydrolysis) is 1. The second kappa shape index (κ2) is 14.9. The van der Waals surface area contributed by atoms with Gasteiger partial charge in [0.2, 0.25) is 5.91 Å². The summed E-state index contributed by atoms with van der Waals surface area (Å²) in [4.78, 5) is 47.7. The highest BCUT2D eigenvalue weighted by molar-refractivity contribution is 5.91. The van der Waals surface area contributed by atoms with E-state index in [1.807, 2.05) is 44.2 Å². The molecule has 3 N–H and O–H groups in total. The van der Waals surface area contributed by atoms with Gasteiger partial charge in [0, 0.05) is 19.0 Å². The predicted molar refractivity (Wildman–Crippen MR) is 120 cm³/mol. The number of benzene rings is 1. The van der Waals surface area contributed by atoms with Crippen molar-refractivity contribution in [3.63, 3.8) is 0 Å². The van der Waals surface area contributed by atoms with Crippen molar-refractivity contribution >= 4 is 23.8 Å². The minimum absolute atomic E-state index is 0.0398. The van der Waals surface area contributed by atoms with Gasteiger partial charge < -0.3 is 25.4 Å². The Bertz CT molecular complexity index is 775. The van der Waals surface area contributed by atoms with Crippen LogP contribution >= 0.6 is 0 Å².